The third-order valence-electron chi connectivity index (χ3n) is 5.65. The number of carbonyl (C=O) groups excluding carboxylic acids is 1. The molecule has 2 aliphatic heterocycles. The lowest BCUT2D eigenvalue weighted by Crippen LogP contribution is -2.49. The summed E-state index contributed by atoms with van der Waals surface area (Å²) < 4.78 is 11.5. The lowest BCUT2D eigenvalue weighted by molar-refractivity contribution is 0.0149. The van der Waals surface area contributed by atoms with Crippen LogP contribution in [0.15, 0.2) is 54.6 Å². The first-order chi connectivity index (χ1) is 14.4. The Morgan fingerprint density at radius 3 is 2.50 bits per heavy atom. The minimum absolute atomic E-state index is 0.142. The number of piperidine rings is 1. The van der Waals surface area contributed by atoms with Crippen LogP contribution in [0.1, 0.15) is 44.4 Å². The maximum absolute atomic E-state index is 12.5. The van der Waals surface area contributed by atoms with Crippen LogP contribution in [0.4, 0.5) is 4.79 Å². The summed E-state index contributed by atoms with van der Waals surface area (Å²) in [6.07, 6.45) is 0.683. The number of carbonyl (C=O) groups is 1. The van der Waals surface area contributed by atoms with Gasteiger partial charge in [0, 0.05) is 25.0 Å². The van der Waals surface area contributed by atoms with Gasteiger partial charge in [-0.2, -0.15) is 0 Å². The first kappa shape index (κ1) is 20.7. The molecule has 2 fully saturated rings. The van der Waals surface area contributed by atoms with E-state index in [-0.39, 0.29) is 12.1 Å². The summed E-state index contributed by atoms with van der Waals surface area (Å²) >= 11 is 0. The molecule has 0 spiro atoms. The zero-order chi connectivity index (χ0) is 21.1. The largest absolute Gasteiger partial charge is 0.489 e. The van der Waals surface area contributed by atoms with Gasteiger partial charge in [-0.25, -0.2) is 10.2 Å². The molecule has 0 bridgehead atoms. The van der Waals surface area contributed by atoms with E-state index >= 15 is 0 Å². The molecule has 2 saturated heterocycles. The Labute approximate surface area is 178 Å². The number of benzene rings is 2. The van der Waals surface area contributed by atoms with E-state index in [1.807, 2.05) is 56.0 Å². The van der Waals surface area contributed by atoms with Crippen LogP contribution < -0.4 is 15.6 Å². The minimum atomic E-state index is -0.477. The van der Waals surface area contributed by atoms with Crippen molar-refractivity contribution in [3.8, 4) is 5.75 Å². The normalized spacial score (nSPS) is 23.7. The Kier molecular flexibility index (Phi) is 5.97. The smallest absolute Gasteiger partial charge is 0.410 e. The number of rotatable bonds is 4. The van der Waals surface area contributed by atoms with E-state index in [0.29, 0.717) is 31.7 Å². The molecule has 4 rings (SSSR count). The zero-order valence-corrected chi connectivity index (χ0v) is 17.9. The van der Waals surface area contributed by atoms with Crippen LogP contribution in [0.3, 0.4) is 0 Å². The van der Waals surface area contributed by atoms with Crippen LogP contribution in [-0.2, 0) is 11.3 Å². The summed E-state index contributed by atoms with van der Waals surface area (Å²) in [6.45, 7) is 7.65. The molecule has 30 heavy (non-hydrogen) atoms. The van der Waals surface area contributed by atoms with Gasteiger partial charge in [0.1, 0.15) is 18.0 Å². The van der Waals surface area contributed by atoms with E-state index < -0.39 is 5.60 Å². The number of fused-ring (bicyclic) bond motifs is 1. The molecule has 3 atom stereocenters. The highest BCUT2D eigenvalue weighted by molar-refractivity contribution is 5.68. The minimum Gasteiger partial charge on any atom is -0.489 e. The van der Waals surface area contributed by atoms with Gasteiger partial charge in [-0.05, 0) is 50.5 Å². The van der Waals surface area contributed by atoms with Crippen molar-refractivity contribution in [2.75, 3.05) is 13.1 Å². The molecule has 2 heterocycles. The quantitative estimate of drug-likeness (QED) is 0.798. The Morgan fingerprint density at radius 1 is 1.07 bits per heavy atom. The van der Waals surface area contributed by atoms with Crippen LogP contribution in [0.25, 0.3) is 0 Å². The van der Waals surface area contributed by atoms with E-state index in [4.69, 9.17) is 9.47 Å². The van der Waals surface area contributed by atoms with Crippen molar-refractivity contribution in [1.82, 2.24) is 15.8 Å². The predicted octanol–water partition coefficient (Wildman–Crippen LogP) is 4.04. The van der Waals surface area contributed by atoms with Gasteiger partial charge < -0.3 is 14.4 Å². The van der Waals surface area contributed by atoms with Crippen LogP contribution in [0.5, 0.6) is 5.75 Å². The van der Waals surface area contributed by atoms with Gasteiger partial charge in [-0.3, -0.25) is 5.43 Å². The highest BCUT2D eigenvalue weighted by atomic mass is 16.6. The third kappa shape index (κ3) is 4.94. The highest BCUT2D eigenvalue weighted by Gasteiger charge is 2.42. The second-order valence-electron chi connectivity index (χ2n) is 9.10. The number of nitrogens with zero attached hydrogens (tertiary/aromatic N) is 1. The zero-order valence-electron chi connectivity index (χ0n) is 17.9. The molecule has 160 valence electrons. The average Bonchev–Trinajstić information content (AvgIpc) is 3.15. The van der Waals surface area contributed by atoms with Gasteiger partial charge in [0.15, 0.2) is 0 Å². The van der Waals surface area contributed by atoms with Gasteiger partial charge in [0.05, 0.1) is 6.04 Å². The lowest BCUT2D eigenvalue weighted by Gasteiger charge is -2.36. The first-order valence-corrected chi connectivity index (χ1v) is 10.6. The highest BCUT2D eigenvalue weighted by Crippen LogP contribution is 2.34. The molecule has 0 saturated carbocycles. The van der Waals surface area contributed by atoms with Crippen molar-refractivity contribution in [3.05, 3.63) is 65.7 Å². The van der Waals surface area contributed by atoms with Crippen LogP contribution >= 0.6 is 0 Å². The molecule has 2 N–H and O–H groups in total. The van der Waals surface area contributed by atoms with Gasteiger partial charge in [0.25, 0.3) is 0 Å². The lowest BCUT2D eigenvalue weighted by atomic mass is 9.85. The van der Waals surface area contributed by atoms with Gasteiger partial charge in [-0.15, -0.1) is 0 Å². The second-order valence-corrected chi connectivity index (χ2v) is 9.10. The van der Waals surface area contributed by atoms with Crippen LogP contribution in [0.2, 0.25) is 0 Å². The molecule has 2 aromatic carbocycles. The number of hydrogen-bond acceptors (Lipinski definition) is 5. The number of hydrazine groups is 1. The van der Waals surface area contributed by atoms with E-state index in [1.54, 1.807) is 0 Å². The van der Waals surface area contributed by atoms with Crippen molar-refractivity contribution in [2.24, 2.45) is 5.92 Å². The van der Waals surface area contributed by atoms with Crippen molar-refractivity contribution >= 4 is 6.09 Å². The van der Waals surface area contributed by atoms with Gasteiger partial charge >= 0.3 is 6.09 Å². The molecular formula is C24H31N3O3. The molecular weight excluding hydrogens is 378 g/mol. The molecule has 2 aromatic rings. The summed E-state index contributed by atoms with van der Waals surface area (Å²) in [7, 11) is 0. The summed E-state index contributed by atoms with van der Waals surface area (Å²) in [5, 5.41) is 0. The number of ether oxygens (including phenoxy) is 2. The fourth-order valence-corrected chi connectivity index (χ4v) is 4.14. The SMILES string of the molecule is CC(C)(C)OC(=O)N1CCC2NNC(c3ccc(OCc4ccccc4)cc3)C2C1. The molecule has 0 aliphatic carbocycles. The second kappa shape index (κ2) is 8.66. The average molecular weight is 410 g/mol. The van der Waals surface area contributed by atoms with E-state index in [1.165, 1.54) is 5.56 Å². The summed E-state index contributed by atoms with van der Waals surface area (Å²) in [5.41, 5.74) is 8.71. The Morgan fingerprint density at radius 2 is 1.80 bits per heavy atom. The number of hydrogen-bond donors (Lipinski definition) is 2. The molecule has 6 nitrogen and oxygen atoms in total. The van der Waals surface area contributed by atoms with Crippen molar-refractivity contribution in [3.63, 3.8) is 0 Å². The van der Waals surface area contributed by atoms with Crippen molar-refractivity contribution in [1.29, 1.82) is 0 Å². The Hall–Kier alpha value is -2.57. The summed E-state index contributed by atoms with van der Waals surface area (Å²) in [5.74, 6) is 1.14. The topological polar surface area (TPSA) is 62.8 Å². The molecule has 6 heteroatoms. The van der Waals surface area contributed by atoms with E-state index in [2.05, 4.69) is 35.1 Å². The third-order valence-corrected chi connectivity index (χ3v) is 5.65. The monoisotopic (exact) mass is 409 g/mol. The standard InChI is InChI=1S/C24H31N3O3/c1-24(2,3)30-23(28)27-14-13-21-20(15-27)22(26-25-21)18-9-11-19(12-10-18)29-16-17-7-5-4-6-8-17/h4-12,20-22,25-26H,13-16H2,1-3H3. The predicted molar refractivity (Wildman–Crippen MR) is 116 cm³/mol. The van der Waals surface area contributed by atoms with E-state index in [0.717, 1.165) is 17.7 Å². The fourth-order valence-electron chi connectivity index (χ4n) is 4.14. The van der Waals surface area contributed by atoms with Crippen LogP contribution in [0, 0.1) is 5.92 Å². The molecule has 0 aromatic heterocycles. The van der Waals surface area contributed by atoms with Crippen molar-refractivity contribution < 1.29 is 14.3 Å². The summed E-state index contributed by atoms with van der Waals surface area (Å²) in [6, 6.07) is 18.9. The molecule has 0 radical (unpaired) electrons. The number of nitrogens with one attached hydrogen (secondary N) is 2. The van der Waals surface area contributed by atoms with Gasteiger partial charge in [-0.1, -0.05) is 42.5 Å². The summed E-state index contributed by atoms with van der Waals surface area (Å²) in [4.78, 5) is 14.4. The fraction of sp³-hybridized carbons (Fsp3) is 0.458. The van der Waals surface area contributed by atoms with Crippen molar-refractivity contribution in [2.45, 2.75) is 51.5 Å². The molecule has 1 amide bonds. The maximum Gasteiger partial charge on any atom is 0.410 e. The van der Waals surface area contributed by atoms with Crippen LogP contribution in [-0.4, -0.2) is 35.7 Å². The molecule has 2 aliphatic rings. The first-order valence-electron chi connectivity index (χ1n) is 10.6. The number of amides is 1. The molecule has 3 unspecified atom stereocenters. The number of likely N-dealkylation sites (tertiary alicyclic amines) is 1. The Balaban J connectivity index is 1.38. The maximum atomic E-state index is 12.5. The van der Waals surface area contributed by atoms with Gasteiger partial charge in [0.2, 0.25) is 0 Å². The van der Waals surface area contributed by atoms with E-state index in [9.17, 15) is 4.79 Å². The Bertz CT molecular complexity index is 848.